The van der Waals surface area contributed by atoms with E-state index in [9.17, 15) is 4.79 Å². The number of fused-ring (bicyclic) bond motifs is 1. The number of nitrogens with one attached hydrogen (secondary N) is 1. The number of rotatable bonds is 6. The molecule has 0 bridgehead atoms. The van der Waals surface area contributed by atoms with E-state index in [0.29, 0.717) is 5.75 Å². The zero-order chi connectivity index (χ0) is 20.3. The fourth-order valence-electron chi connectivity index (χ4n) is 4.56. The van der Waals surface area contributed by atoms with Crippen molar-refractivity contribution in [3.05, 3.63) is 16.8 Å². The maximum atomic E-state index is 12.7. The molecule has 0 unspecified atom stereocenters. The molecule has 158 valence electrons. The molecule has 0 radical (unpaired) electrons. The first-order valence-electron chi connectivity index (χ1n) is 10.5. The van der Waals surface area contributed by atoms with E-state index >= 15 is 0 Å². The topological polar surface area (TPSA) is 67.4 Å². The number of amides is 1. The lowest BCUT2D eigenvalue weighted by Crippen LogP contribution is -2.59. The zero-order valence-electron chi connectivity index (χ0n) is 17.3. The van der Waals surface area contributed by atoms with Crippen molar-refractivity contribution in [2.45, 2.75) is 56.5 Å². The SMILES string of the molecule is Cc1sc2ncnc(SCC(=O)NCC3(N4CCOCC4)CCCCC3)c2c1C. The summed E-state index contributed by atoms with van der Waals surface area (Å²) in [5, 5.41) is 5.26. The fourth-order valence-corrected chi connectivity index (χ4v) is 6.51. The van der Waals surface area contributed by atoms with E-state index in [1.165, 1.54) is 54.3 Å². The molecule has 8 heteroatoms. The fraction of sp³-hybridized carbons (Fsp3) is 0.667. The van der Waals surface area contributed by atoms with Gasteiger partial charge in [0.05, 0.1) is 19.0 Å². The van der Waals surface area contributed by atoms with Crippen LogP contribution in [-0.2, 0) is 9.53 Å². The van der Waals surface area contributed by atoms with Crippen LogP contribution in [0.5, 0.6) is 0 Å². The molecule has 0 atom stereocenters. The maximum absolute atomic E-state index is 12.7. The van der Waals surface area contributed by atoms with Gasteiger partial charge in [0.15, 0.2) is 0 Å². The normalized spacial score (nSPS) is 20.1. The van der Waals surface area contributed by atoms with Gasteiger partial charge in [-0.25, -0.2) is 9.97 Å². The highest BCUT2D eigenvalue weighted by Gasteiger charge is 2.38. The van der Waals surface area contributed by atoms with Gasteiger partial charge >= 0.3 is 0 Å². The van der Waals surface area contributed by atoms with Crippen molar-refractivity contribution in [2.75, 3.05) is 38.6 Å². The number of hydrogen-bond acceptors (Lipinski definition) is 7. The molecule has 6 nitrogen and oxygen atoms in total. The van der Waals surface area contributed by atoms with E-state index in [2.05, 4.69) is 34.0 Å². The van der Waals surface area contributed by atoms with Crippen LogP contribution in [0.25, 0.3) is 10.2 Å². The van der Waals surface area contributed by atoms with E-state index in [1.807, 2.05) is 0 Å². The van der Waals surface area contributed by atoms with E-state index < -0.39 is 0 Å². The van der Waals surface area contributed by atoms with Gasteiger partial charge in [0, 0.05) is 35.4 Å². The molecule has 1 aliphatic carbocycles. The molecule has 3 heterocycles. The monoisotopic (exact) mass is 434 g/mol. The van der Waals surface area contributed by atoms with Crippen molar-refractivity contribution in [2.24, 2.45) is 0 Å². The molecule has 1 N–H and O–H groups in total. The Bertz CT molecular complexity index is 858. The summed E-state index contributed by atoms with van der Waals surface area (Å²) in [6.45, 7) is 8.50. The third-order valence-electron chi connectivity index (χ3n) is 6.35. The Balaban J connectivity index is 1.38. The lowest BCUT2D eigenvalue weighted by atomic mass is 9.79. The van der Waals surface area contributed by atoms with E-state index in [4.69, 9.17) is 4.74 Å². The van der Waals surface area contributed by atoms with Crippen LogP contribution in [0, 0.1) is 13.8 Å². The number of aromatic nitrogens is 2. The van der Waals surface area contributed by atoms with Crippen molar-refractivity contribution in [1.29, 1.82) is 0 Å². The van der Waals surface area contributed by atoms with E-state index in [-0.39, 0.29) is 11.4 Å². The zero-order valence-corrected chi connectivity index (χ0v) is 19.0. The molecule has 1 saturated heterocycles. The molecular formula is C21H30N4O2S2. The van der Waals surface area contributed by atoms with Crippen LogP contribution in [0.4, 0.5) is 0 Å². The number of thioether (sulfide) groups is 1. The summed E-state index contributed by atoms with van der Waals surface area (Å²) in [6.07, 6.45) is 7.74. The molecule has 2 aromatic rings. The molecule has 1 saturated carbocycles. The second-order valence-corrected chi connectivity index (χ2v) is 10.3. The Morgan fingerprint density at radius 2 is 2.00 bits per heavy atom. The minimum Gasteiger partial charge on any atom is -0.379 e. The molecule has 1 aliphatic heterocycles. The van der Waals surface area contributed by atoms with Gasteiger partial charge in [-0.3, -0.25) is 9.69 Å². The van der Waals surface area contributed by atoms with Gasteiger partial charge in [-0.2, -0.15) is 0 Å². The molecule has 0 aromatic carbocycles. The first kappa shape index (κ1) is 21.0. The summed E-state index contributed by atoms with van der Waals surface area (Å²) < 4.78 is 5.55. The van der Waals surface area contributed by atoms with Crippen LogP contribution >= 0.6 is 23.1 Å². The molecule has 2 fully saturated rings. The molecule has 0 spiro atoms. The smallest absolute Gasteiger partial charge is 0.230 e. The van der Waals surface area contributed by atoms with Crippen molar-refractivity contribution in [3.8, 4) is 0 Å². The summed E-state index contributed by atoms with van der Waals surface area (Å²) in [5.74, 6) is 0.476. The van der Waals surface area contributed by atoms with Gasteiger partial charge in [0.25, 0.3) is 0 Å². The van der Waals surface area contributed by atoms with Crippen LogP contribution in [0.2, 0.25) is 0 Å². The third kappa shape index (κ3) is 4.60. The van der Waals surface area contributed by atoms with Crippen LogP contribution in [0.15, 0.2) is 11.4 Å². The highest BCUT2D eigenvalue weighted by Crippen LogP contribution is 2.35. The Morgan fingerprint density at radius 3 is 2.76 bits per heavy atom. The largest absolute Gasteiger partial charge is 0.379 e. The molecule has 2 aliphatic rings. The van der Waals surface area contributed by atoms with Crippen molar-refractivity contribution < 1.29 is 9.53 Å². The summed E-state index contributed by atoms with van der Waals surface area (Å²) in [7, 11) is 0. The number of aryl methyl sites for hydroxylation is 2. The van der Waals surface area contributed by atoms with Crippen molar-refractivity contribution in [3.63, 3.8) is 0 Å². The predicted molar refractivity (Wildman–Crippen MR) is 119 cm³/mol. The minimum atomic E-state index is 0.0876. The number of ether oxygens (including phenoxy) is 1. The van der Waals surface area contributed by atoms with Crippen molar-refractivity contribution >= 4 is 39.2 Å². The molecular weight excluding hydrogens is 404 g/mol. The number of hydrogen-bond donors (Lipinski definition) is 1. The quantitative estimate of drug-likeness (QED) is 0.554. The Hall–Kier alpha value is -1.22. The predicted octanol–water partition coefficient (Wildman–Crippen LogP) is 3.55. The second kappa shape index (κ2) is 9.29. The molecule has 1 amide bonds. The molecule has 29 heavy (non-hydrogen) atoms. The minimum absolute atomic E-state index is 0.0876. The van der Waals surface area contributed by atoms with Gasteiger partial charge in [0.1, 0.15) is 16.2 Å². The average Bonchev–Trinajstić information content (AvgIpc) is 3.06. The number of carbonyl (C=O) groups is 1. The van der Waals surface area contributed by atoms with Crippen molar-refractivity contribution in [1.82, 2.24) is 20.2 Å². The van der Waals surface area contributed by atoms with Gasteiger partial charge in [-0.05, 0) is 32.3 Å². The number of carbonyl (C=O) groups excluding carboxylic acids is 1. The highest BCUT2D eigenvalue weighted by atomic mass is 32.2. The summed E-state index contributed by atoms with van der Waals surface area (Å²) in [6, 6.07) is 0. The van der Waals surface area contributed by atoms with E-state index in [0.717, 1.165) is 48.1 Å². The van der Waals surface area contributed by atoms with Gasteiger partial charge in [-0.1, -0.05) is 31.0 Å². The lowest BCUT2D eigenvalue weighted by Gasteiger charge is -2.48. The number of nitrogens with zero attached hydrogens (tertiary/aromatic N) is 3. The Morgan fingerprint density at radius 1 is 1.24 bits per heavy atom. The first-order chi connectivity index (χ1) is 14.1. The standard InChI is InChI=1S/C21H30N4O2S2/c1-15-16(2)29-20-18(15)19(23-14-24-20)28-12-17(26)22-13-21(6-4-3-5-7-21)25-8-10-27-11-9-25/h14H,3-13H2,1-2H3,(H,22,26). The van der Waals surface area contributed by atoms with Crippen LogP contribution in [-0.4, -0.2) is 64.9 Å². The third-order valence-corrected chi connectivity index (χ3v) is 8.46. The van der Waals surface area contributed by atoms with Gasteiger partial charge in [-0.15, -0.1) is 11.3 Å². The van der Waals surface area contributed by atoms with Crippen LogP contribution in [0.3, 0.4) is 0 Å². The lowest BCUT2D eigenvalue weighted by molar-refractivity contribution is -0.119. The summed E-state index contributed by atoms with van der Waals surface area (Å²) >= 11 is 3.21. The van der Waals surface area contributed by atoms with Gasteiger partial charge in [0.2, 0.25) is 5.91 Å². The average molecular weight is 435 g/mol. The van der Waals surface area contributed by atoms with Gasteiger partial charge < -0.3 is 10.1 Å². The van der Waals surface area contributed by atoms with E-state index in [1.54, 1.807) is 17.7 Å². The maximum Gasteiger partial charge on any atom is 0.230 e. The Kier molecular flexibility index (Phi) is 6.73. The highest BCUT2D eigenvalue weighted by molar-refractivity contribution is 8.00. The Labute approximate surface area is 180 Å². The summed E-state index contributed by atoms with van der Waals surface area (Å²) in [5.41, 5.74) is 1.33. The molecule has 4 rings (SSSR count). The summed E-state index contributed by atoms with van der Waals surface area (Å²) in [4.78, 5) is 26.4. The van der Waals surface area contributed by atoms with Crippen LogP contribution < -0.4 is 5.32 Å². The molecule has 2 aromatic heterocycles. The first-order valence-corrected chi connectivity index (χ1v) is 12.3. The van der Waals surface area contributed by atoms with Crippen LogP contribution in [0.1, 0.15) is 42.5 Å². The number of morpholine rings is 1. The second-order valence-electron chi connectivity index (χ2n) is 8.09. The number of thiophene rings is 1.